The lowest BCUT2D eigenvalue weighted by Crippen LogP contribution is -2.48. The Morgan fingerprint density at radius 3 is 2.08 bits per heavy atom. The molecule has 9 aromatic rings. The van der Waals surface area contributed by atoms with Crippen molar-refractivity contribution in [2.24, 2.45) is 16.5 Å². The molecule has 3 aromatic carbocycles. The van der Waals surface area contributed by atoms with Crippen LogP contribution in [-0.4, -0.2) is 221 Å². The predicted molar refractivity (Wildman–Crippen MR) is 467 cm³/mol. The van der Waals surface area contributed by atoms with Crippen molar-refractivity contribution in [1.82, 2.24) is 74.9 Å². The zero-order valence-electron chi connectivity index (χ0n) is 68.0. The molecule has 0 radical (unpaired) electrons. The van der Waals surface area contributed by atoms with Crippen molar-refractivity contribution in [2.75, 3.05) is 91.8 Å². The summed E-state index contributed by atoms with van der Waals surface area (Å²) in [6.45, 7) is 9.62. The van der Waals surface area contributed by atoms with Crippen molar-refractivity contribution < 1.29 is 68.0 Å². The average Bonchev–Trinajstić information content (AvgIpc) is 1.58. The summed E-state index contributed by atoms with van der Waals surface area (Å²) in [6.07, 6.45) is 16.1. The molecule has 123 heavy (non-hydrogen) atoms. The second kappa shape index (κ2) is 46.3. The first-order chi connectivity index (χ1) is 59.1. The molecule has 16 N–H and O–H groups in total. The van der Waals surface area contributed by atoms with E-state index in [1.807, 2.05) is 53.2 Å². The normalized spacial score (nSPS) is 15.9. The van der Waals surface area contributed by atoms with Gasteiger partial charge in [-0.3, -0.25) is 29.2 Å². The van der Waals surface area contributed by atoms with Gasteiger partial charge in [0.25, 0.3) is 11.5 Å². The Hall–Kier alpha value is -11.3. The van der Waals surface area contributed by atoms with Crippen LogP contribution in [0.15, 0.2) is 102 Å². The third kappa shape index (κ3) is 25.5. The topological polar surface area (TPSA) is 554 Å². The van der Waals surface area contributed by atoms with Crippen molar-refractivity contribution in [3.8, 4) is 17.1 Å². The minimum atomic E-state index is -1.86. The number of likely N-dealkylation sites (tertiary alicyclic amines) is 2. The lowest BCUT2D eigenvalue weighted by molar-refractivity contribution is -0.172. The molecule has 5 aliphatic rings. The molecule has 2 saturated heterocycles. The van der Waals surface area contributed by atoms with Crippen LogP contribution in [0.1, 0.15) is 141 Å². The van der Waals surface area contributed by atoms with Crippen LogP contribution in [0.5, 0.6) is 5.75 Å². The van der Waals surface area contributed by atoms with Gasteiger partial charge < -0.3 is 91.9 Å². The van der Waals surface area contributed by atoms with E-state index in [-0.39, 0.29) is 81.9 Å². The van der Waals surface area contributed by atoms with Gasteiger partial charge in [-0.25, -0.2) is 44.1 Å². The highest BCUT2D eigenvalue weighted by atomic mass is 35.5. The van der Waals surface area contributed by atoms with Gasteiger partial charge in [-0.15, -0.1) is 39.7 Å². The number of benzene rings is 3. The van der Waals surface area contributed by atoms with Gasteiger partial charge in [0.15, 0.2) is 32.9 Å². The number of rotatable bonds is 25. The number of aromatic amines is 2. The molecule has 3 atom stereocenters. The maximum atomic E-state index is 13.6. The molecule has 6 aromatic heterocycles. The molecular formula is C80H100Cl3N22O16PS. The number of nitrogen functional groups attached to an aromatic ring is 2. The number of piperidine rings is 2. The number of H-pyrrole nitrogens is 2. The maximum Gasteiger partial charge on any atom is 0.415 e. The average molecular weight is 1800 g/mol. The molecule has 14 rings (SSSR count). The van der Waals surface area contributed by atoms with Gasteiger partial charge in [-0.05, 0) is 149 Å². The van der Waals surface area contributed by atoms with Crippen LogP contribution in [0.4, 0.5) is 32.7 Å². The Kier molecular flexibility index (Phi) is 35.9. The number of hydrogen-bond donors (Lipinski definition) is 12. The van der Waals surface area contributed by atoms with Gasteiger partial charge in [-0.1, -0.05) is 63.9 Å². The second-order valence-corrected chi connectivity index (χ2v) is 31.0. The number of carboxylic acid groups (broad SMARTS) is 3. The number of carbonyl (C=O) groups excluding carboxylic acids is 4. The summed E-state index contributed by atoms with van der Waals surface area (Å²) >= 11 is 21.8. The summed E-state index contributed by atoms with van der Waals surface area (Å²) in [5.74, 6) is -2.89. The Morgan fingerprint density at radius 1 is 0.805 bits per heavy atom. The number of aryl methyl sites for hydroxylation is 1. The number of carboxylic acids is 3. The number of aliphatic hydroxyl groups is 1. The Bertz CT molecular complexity index is 5310. The maximum absolute atomic E-state index is 13.6. The number of amides is 4. The second-order valence-electron chi connectivity index (χ2n) is 29.2. The fraction of sp³-hybridized carbons (Fsp3) is 0.450. The van der Waals surface area contributed by atoms with Gasteiger partial charge in [-0.2, -0.15) is 15.0 Å². The van der Waals surface area contributed by atoms with Crippen molar-refractivity contribution in [3.63, 3.8) is 0 Å². The van der Waals surface area contributed by atoms with Crippen LogP contribution < -0.4 is 53.4 Å². The summed E-state index contributed by atoms with van der Waals surface area (Å²) in [7, 11) is 1.48. The van der Waals surface area contributed by atoms with Gasteiger partial charge in [0.05, 0.1) is 71.9 Å². The molecular weight excluding hydrogens is 1690 g/mol. The number of hydrogen-bond acceptors (Lipinski definition) is 28. The standard InChI is InChI=1S/C33H38N4O6.C20H22N8O5.C13H18Cl2N2O2.C9H16ClN3O2.C5H4N4S.H2NOP/c1-3-22-23-16-21(43-32(40)36-14-10-20(11-15-36)35-12-6-5-7-13-35)8-9-27(23)34-29-24(22)18-37-28(29)17-26-25(30(37)38)19-42-31(39)33(26,41)4-2;1-28(9-11-8-23-17-15(24-11)16(21)26-20(22)27-17)12-4-2-10(3-5-12)18(31)25-13(19(32)33)6-7-14(29)30;14-5-7-17(8-6-15)11-3-1-10(2-4-11)9-12(16)13(18)19;10-6-7-13(12-15)9(14)11-8-4-2-1-3-5-8;10-5-3-4(7-1-6-3)8-2-9-5;1-3-2/h8-9,16-17,20,41H,3-7,10-15,18-19H2,1-2H3;2-5,8,13H,6-7,9H2,1H3,(H,25,31)(H,29,30)(H,32,33)(H4,21,22,23,26,27);1-4,12H,5-9,16H2,(H,18,19);8H,1-7H2,(H,11,14);1-2H,(H2,6,7,8,9,10);(H2,1,2)/t33-;13-;12-;;;/m000.../s1. The summed E-state index contributed by atoms with van der Waals surface area (Å²) in [6, 6.07) is 19.4. The van der Waals surface area contributed by atoms with E-state index >= 15 is 0 Å². The molecule has 1 aliphatic carbocycles. The van der Waals surface area contributed by atoms with Gasteiger partial charge in [0.2, 0.25) is 14.6 Å². The van der Waals surface area contributed by atoms with E-state index in [1.165, 1.54) is 57.2 Å². The summed E-state index contributed by atoms with van der Waals surface area (Å²) in [5.41, 5.74) is 29.3. The summed E-state index contributed by atoms with van der Waals surface area (Å²) in [4.78, 5) is 149. The number of aromatic nitrogens is 10. The number of anilines is 4. The minimum Gasteiger partial charge on any atom is -0.481 e. The smallest absolute Gasteiger partial charge is 0.415 e. The third-order valence-corrected chi connectivity index (χ3v) is 22.1. The molecule has 658 valence electrons. The number of esters is 1. The fourth-order valence-corrected chi connectivity index (χ4v) is 15.6. The van der Waals surface area contributed by atoms with Crippen molar-refractivity contribution >= 4 is 154 Å². The third-order valence-electron chi connectivity index (χ3n) is 21.3. The fourth-order valence-electron chi connectivity index (χ4n) is 14.8. The highest BCUT2D eigenvalue weighted by Crippen LogP contribution is 2.41. The Labute approximate surface area is 728 Å². The van der Waals surface area contributed by atoms with E-state index in [2.05, 4.69) is 78.0 Å². The quantitative estimate of drug-likeness (QED) is 0.00632. The number of nitroso groups, excluding NO2 is 1. The zero-order valence-corrected chi connectivity index (χ0v) is 72.0. The number of fused-ring (bicyclic) bond motifs is 7. The van der Waals surface area contributed by atoms with Crippen LogP contribution in [-0.2, 0) is 66.6 Å². The number of nitrogens with zero attached hydrogens (tertiary/aromatic N) is 14. The van der Waals surface area contributed by atoms with E-state index in [4.69, 9.17) is 93.5 Å². The van der Waals surface area contributed by atoms with E-state index < -0.39 is 53.5 Å². The minimum absolute atomic E-state index is 0.0138. The van der Waals surface area contributed by atoms with Gasteiger partial charge >= 0.3 is 36.0 Å². The van der Waals surface area contributed by atoms with Crippen LogP contribution in [0.2, 0.25) is 0 Å². The number of pyridine rings is 2. The Morgan fingerprint density at radius 2 is 1.46 bits per heavy atom. The zero-order chi connectivity index (χ0) is 89.0. The molecule has 1 saturated carbocycles. The lowest BCUT2D eigenvalue weighted by atomic mass is 9.86. The number of halogens is 3. The number of ether oxygens (including phenoxy) is 2. The summed E-state index contributed by atoms with van der Waals surface area (Å²) < 4.78 is 21.9. The molecule has 4 aliphatic heterocycles. The number of imidazole rings is 1. The van der Waals surface area contributed by atoms with E-state index in [9.17, 15) is 53.5 Å². The first-order valence-corrected chi connectivity index (χ1v) is 42.8. The highest BCUT2D eigenvalue weighted by Gasteiger charge is 2.46. The Balaban J connectivity index is 0.000000188. The summed E-state index contributed by atoms with van der Waals surface area (Å²) in [5, 5.41) is 47.3. The highest BCUT2D eigenvalue weighted by molar-refractivity contribution is 7.71. The number of nitrogens with one attached hydrogen (secondary N) is 4. The van der Waals surface area contributed by atoms with Crippen molar-refractivity contribution in [1.29, 1.82) is 0 Å². The van der Waals surface area contributed by atoms with Crippen LogP contribution >= 0.6 is 55.6 Å². The van der Waals surface area contributed by atoms with Gasteiger partial charge in [0.1, 0.15) is 30.0 Å². The molecule has 0 unspecified atom stereocenters. The van der Waals surface area contributed by atoms with Crippen molar-refractivity contribution in [2.45, 2.75) is 160 Å². The lowest BCUT2D eigenvalue weighted by Gasteiger charge is -2.39. The molecule has 3 fully saturated rings. The van der Waals surface area contributed by atoms with Crippen LogP contribution in [0, 0.1) is 9.55 Å². The number of nitrogens with two attached hydrogens (primary N) is 4. The largest absolute Gasteiger partial charge is 0.481 e. The molecule has 0 spiro atoms. The first kappa shape index (κ1) is 95.5. The van der Waals surface area contributed by atoms with Crippen molar-refractivity contribution in [3.05, 3.63) is 151 Å². The van der Waals surface area contributed by atoms with E-state index in [0.29, 0.717) is 107 Å². The number of aliphatic carboxylic acids is 3. The molecule has 0 bridgehead atoms. The molecule has 38 nitrogen and oxygen atoms in total. The predicted octanol–water partition coefficient (Wildman–Crippen LogP) is 9.70. The number of carbonyl (C=O) groups is 7. The van der Waals surface area contributed by atoms with E-state index in [1.54, 1.807) is 48.3 Å². The van der Waals surface area contributed by atoms with Crippen LogP contribution in [0.3, 0.4) is 0 Å². The SMILES string of the molecule is CCc1c2c(nc3ccc(OC(=O)N4CCC(N5CCCCC5)CC4)cc13)-c1cc3c(c(=O)n1C2)COC(=O)[C@]3(O)CC.CN(Cc1cnc2nc(N)nc(N)c2n1)c1ccc(C(=O)N[C@@H](CCC(=O)O)C(=O)O)cc1.NP=O.N[C@@H](Cc1ccc(N(CCCl)CCCl)cc1)C(=O)O.O=NN(CCCl)C(=O)NC1CCCCC1.S=c1nc[nH]c2nc[nH]c12. The monoisotopic (exact) mass is 1790 g/mol. The molecule has 4 amide bonds. The molecule has 10 heterocycles. The number of urea groups is 1. The molecule has 43 heteroatoms. The van der Waals surface area contributed by atoms with E-state index in [0.717, 1.165) is 107 Å². The number of cyclic esters (lactones) is 1. The number of alkyl halides is 3. The van der Waals surface area contributed by atoms with Gasteiger partial charge in [0, 0.05) is 103 Å². The first-order valence-electron chi connectivity index (χ1n) is 39.9. The van der Waals surface area contributed by atoms with Crippen LogP contribution in [0.25, 0.3) is 44.6 Å².